The normalized spacial score (nSPS) is 12.8. The highest BCUT2D eigenvalue weighted by Crippen LogP contribution is 2.41. The van der Waals surface area contributed by atoms with Crippen LogP contribution in [0.3, 0.4) is 0 Å². The average Bonchev–Trinajstić information content (AvgIpc) is 3.57. The fourth-order valence-corrected chi connectivity index (χ4v) is 9.91. The number of nitrogens with one attached hydrogen (secondary N) is 2. The summed E-state index contributed by atoms with van der Waals surface area (Å²) in [5, 5.41) is 41.9. The van der Waals surface area contributed by atoms with Crippen LogP contribution < -0.4 is 40.0 Å². The van der Waals surface area contributed by atoms with Crippen molar-refractivity contribution in [2.75, 3.05) is 39.1 Å². The highest BCUT2D eigenvalue weighted by molar-refractivity contribution is 7.86. The summed E-state index contributed by atoms with van der Waals surface area (Å²) in [6.45, 7) is 14.1. The van der Waals surface area contributed by atoms with Crippen LogP contribution in [-0.4, -0.2) is 73.4 Å². The molecule has 0 spiro atoms. The largest absolute Gasteiger partial charge is 0.494 e. The van der Waals surface area contributed by atoms with Crippen LogP contribution in [0.4, 0.5) is 56.0 Å². The van der Waals surface area contributed by atoms with Gasteiger partial charge in [0.25, 0.3) is 30.4 Å². The van der Waals surface area contributed by atoms with Gasteiger partial charge in [0.15, 0.2) is 0 Å². The summed E-state index contributed by atoms with van der Waals surface area (Å²) in [6.07, 6.45) is 2.70. The lowest BCUT2D eigenvalue weighted by atomic mass is 10.1. The topological polar surface area (TPSA) is 340 Å². The van der Waals surface area contributed by atoms with Crippen LogP contribution in [0.5, 0.6) is 23.0 Å². The highest BCUT2D eigenvalue weighted by Gasteiger charge is 2.20. The molecule has 7 rings (SSSR count). The Balaban J connectivity index is 1.03. The molecule has 0 aromatic heterocycles. The van der Waals surface area contributed by atoms with Crippen molar-refractivity contribution in [3.63, 3.8) is 0 Å². The fraction of sp³-hybridized carbons (Fsp3) is 0.182. The highest BCUT2D eigenvalue weighted by atomic mass is 32.2. The lowest BCUT2D eigenvalue weighted by molar-refractivity contribution is 0.262. The number of hydrogen-bond acceptors (Lipinski definition) is 19. The zero-order chi connectivity index (χ0) is 60.0. The van der Waals surface area contributed by atoms with Gasteiger partial charge in [0.2, 0.25) is 0 Å². The van der Waals surface area contributed by atoms with E-state index in [2.05, 4.69) is 58.1 Å². The fourth-order valence-electron chi connectivity index (χ4n) is 7.98. The van der Waals surface area contributed by atoms with Gasteiger partial charge in [-0.25, -0.2) is 4.79 Å². The molecule has 0 saturated heterocycles. The lowest BCUT2D eigenvalue weighted by Gasteiger charge is -2.15. The molecule has 0 heterocycles. The third kappa shape index (κ3) is 14.4. The Morgan fingerprint density at radius 2 is 0.939 bits per heavy atom. The number of benzene rings is 7. The van der Waals surface area contributed by atoms with Crippen LogP contribution in [-0.2, 0) is 30.4 Å². The molecule has 82 heavy (non-hydrogen) atoms. The molecule has 0 aliphatic rings. The first-order chi connectivity index (χ1) is 38.6. The summed E-state index contributed by atoms with van der Waals surface area (Å²) in [7, 11) is -8.30. The van der Waals surface area contributed by atoms with Gasteiger partial charge in [-0.05, 0) is 157 Å². The van der Waals surface area contributed by atoms with Gasteiger partial charge in [0.1, 0.15) is 39.3 Å². The quantitative estimate of drug-likeness (QED) is 0.0394. The molecule has 0 aliphatic carbocycles. The van der Waals surface area contributed by atoms with Crippen LogP contribution in [0.1, 0.15) is 34.7 Å². The first-order valence-electron chi connectivity index (χ1n) is 24.1. The molecule has 0 fully saturated rings. The standard InChI is InChI=1S/C55H54N10O14S3/c1-29-16-39(80(67,68)69)22-37-14-15-38(23-41(29)37)59-61-43-28-53(79-11)49(20-33(43)5)65-63-45-26-51(77-9)47(18-31(45)3)57-55(66)56-46-17-30(2)44(25-50(46)76-8)62-64-48-19-32(4)42(27-52(48)78-10)60-58-34(6)12-13-36-21-40(81(70,71)72)24-54(35(36)7)82(73,74)75/h12-28H,7H2,1-6,8-11H3,(H2,56,57,66)(H,67,68,69)(H,70,71,72)(H,73,74,75)/b34-12+,36-13-,60-58?,61-59?,64-62?,65-63?. The van der Waals surface area contributed by atoms with E-state index in [0.29, 0.717) is 108 Å². The molecule has 0 radical (unpaired) electrons. The predicted molar refractivity (Wildman–Crippen MR) is 308 cm³/mol. The Bertz CT molecular complexity index is 4380. The van der Waals surface area contributed by atoms with E-state index in [1.807, 2.05) is 6.92 Å². The van der Waals surface area contributed by atoms with Gasteiger partial charge >= 0.3 is 6.03 Å². The Labute approximate surface area is 471 Å². The number of hydrogen-bond donors (Lipinski definition) is 5. The summed E-state index contributed by atoms with van der Waals surface area (Å²) in [5.74, 6) is 1.22. The number of nitrogens with zero attached hydrogens (tertiary/aromatic N) is 8. The maximum absolute atomic E-state index is 13.5. The van der Waals surface area contributed by atoms with Gasteiger partial charge in [-0.15, -0.1) is 10.2 Å². The summed E-state index contributed by atoms with van der Waals surface area (Å²) in [5.41, 5.74) is 7.21. The van der Waals surface area contributed by atoms with E-state index < -0.39 is 46.2 Å². The van der Waals surface area contributed by atoms with E-state index in [0.717, 1.165) is 11.5 Å². The van der Waals surface area contributed by atoms with E-state index in [1.54, 1.807) is 101 Å². The Hall–Kier alpha value is -9.12. The second kappa shape index (κ2) is 24.7. The number of methoxy groups -OCH3 is 4. The molecule has 0 unspecified atom stereocenters. The first-order valence-corrected chi connectivity index (χ1v) is 28.4. The van der Waals surface area contributed by atoms with Crippen LogP contribution >= 0.6 is 0 Å². The minimum atomic E-state index is -4.89. The molecule has 7 aromatic rings. The van der Waals surface area contributed by atoms with Gasteiger partial charge in [-0.3, -0.25) is 13.7 Å². The lowest BCUT2D eigenvalue weighted by Crippen LogP contribution is -2.30. The van der Waals surface area contributed by atoms with E-state index in [-0.39, 0.29) is 26.8 Å². The summed E-state index contributed by atoms with van der Waals surface area (Å²) in [4.78, 5) is 11.8. The van der Waals surface area contributed by atoms with Gasteiger partial charge < -0.3 is 29.6 Å². The Kier molecular flexibility index (Phi) is 18.2. The van der Waals surface area contributed by atoms with E-state index in [9.17, 15) is 43.7 Å². The number of fused-ring (bicyclic) bond motifs is 1. The molecule has 0 aliphatic heterocycles. The van der Waals surface area contributed by atoms with Crippen LogP contribution in [0.15, 0.2) is 158 Å². The second-order valence-corrected chi connectivity index (χ2v) is 22.4. The smallest absolute Gasteiger partial charge is 0.323 e. The number of amides is 2. The molecular formula is C55H54N10O14S3. The zero-order valence-corrected chi connectivity index (χ0v) is 48.1. The number of anilines is 2. The molecule has 27 heteroatoms. The Morgan fingerprint density at radius 3 is 1.41 bits per heavy atom. The summed E-state index contributed by atoms with van der Waals surface area (Å²) < 4.78 is 122. The minimum absolute atomic E-state index is 0.0326. The first kappa shape index (κ1) is 60.5. The van der Waals surface area contributed by atoms with Crippen LogP contribution in [0, 0.1) is 34.6 Å². The maximum atomic E-state index is 13.5. The average molecular weight is 1180 g/mol. The number of aryl methyl sites for hydroxylation is 5. The van der Waals surface area contributed by atoms with Crippen LogP contribution in [0.2, 0.25) is 0 Å². The van der Waals surface area contributed by atoms with Gasteiger partial charge in [0, 0.05) is 24.3 Å². The number of ether oxygens (including phenoxy) is 4. The number of urea groups is 1. The Morgan fingerprint density at radius 1 is 0.500 bits per heavy atom. The number of azo groups is 4. The van der Waals surface area contributed by atoms with Gasteiger partial charge in [-0.1, -0.05) is 18.7 Å². The van der Waals surface area contributed by atoms with Crippen LogP contribution in [0.25, 0.3) is 23.4 Å². The van der Waals surface area contributed by atoms with Crippen molar-refractivity contribution in [2.24, 2.45) is 40.9 Å². The molecule has 0 atom stereocenters. The molecule has 0 bridgehead atoms. The van der Waals surface area contributed by atoms with E-state index >= 15 is 0 Å². The van der Waals surface area contributed by atoms with E-state index in [1.165, 1.54) is 52.7 Å². The molecule has 7 aromatic carbocycles. The number of rotatable bonds is 18. The molecular weight excluding hydrogens is 1120 g/mol. The third-order valence-corrected chi connectivity index (χ3v) is 14.9. The zero-order valence-electron chi connectivity index (χ0n) is 45.7. The van der Waals surface area contributed by atoms with Crippen molar-refractivity contribution >= 4 is 111 Å². The minimum Gasteiger partial charge on any atom is -0.494 e. The van der Waals surface area contributed by atoms with E-state index in [4.69, 9.17) is 18.9 Å². The maximum Gasteiger partial charge on any atom is 0.323 e. The second-order valence-electron chi connectivity index (χ2n) is 18.2. The molecule has 426 valence electrons. The van der Waals surface area contributed by atoms with Crippen molar-refractivity contribution < 1.29 is 62.7 Å². The summed E-state index contributed by atoms with van der Waals surface area (Å²) >= 11 is 0. The third-order valence-electron chi connectivity index (χ3n) is 12.4. The van der Waals surface area contributed by atoms with Crippen molar-refractivity contribution in [3.8, 4) is 23.0 Å². The molecule has 2 amide bonds. The summed E-state index contributed by atoms with van der Waals surface area (Å²) in [6, 6.07) is 22.2. The molecule has 5 N–H and O–H groups in total. The van der Waals surface area contributed by atoms with Crippen molar-refractivity contribution in [3.05, 3.63) is 141 Å². The van der Waals surface area contributed by atoms with Crippen molar-refractivity contribution in [2.45, 2.75) is 56.2 Å². The monoisotopic (exact) mass is 1170 g/mol. The molecule has 0 saturated carbocycles. The number of carbonyl (C=O) groups is 1. The predicted octanol–water partition coefficient (Wildman–Crippen LogP) is 12.9. The molecule has 24 nitrogen and oxygen atoms in total. The number of carbonyl (C=O) groups excluding carboxylic acids is 1. The van der Waals surface area contributed by atoms with Gasteiger partial charge in [0.05, 0.1) is 83.7 Å². The number of allylic oxidation sites excluding steroid dienone is 2. The van der Waals surface area contributed by atoms with Crippen molar-refractivity contribution in [1.29, 1.82) is 0 Å². The SMILES string of the molecule is C=c1c(S(=O)(=O)O)cc(S(=O)(=O)O)c/c1=C/C=C(\C)N=Nc1cc(OC)c(N=Nc2cc(OC)c(NC(=O)Nc3cc(C)c(N=Nc4cc(C)c(N=Nc5ccc6cc(S(=O)(=O)O)cc(C)c6c5)cc4OC)cc3OC)cc2C)cc1C. The van der Waals surface area contributed by atoms with Gasteiger partial charge in [-0.2, -0.15) is 55.9 Å². The van der Waals surface area contributed by atoms with Crippen molar-refractivity contribution in [1.82, 2.24) is 0 Å².